The van der Waals surface area contributed by atoms with Crippen LogP contribution in [0, 0.1) is 12.7 Å². The summed E-state index contributed by atoms with van der Waals surface area (Å²) >= 11 is 3.30. The van der Waals surface area contributed by atoms with Crippen molar-refractivity contribution in [1.29, 1.82) is 0 Å². The topological polar surface area (TPSA) is 34.9 Å². The van der Waals surface area contributed by atoms with E-state index in [4.69, 9.17) is 0 Å². The number of hydrogen-bond donors (Lipinski definition) is 0. The molecule has 0 saturated heterocycles. The largest absolute Gasteiger partial charge is 0.287 e. The lowest BCUT2D eigenvalue weighted by Gasteiger charge is -2.11. The lowest BCUT2D eigenvalue weighted by molar-refractivity contribution is 0.102. The molecule has 0 saturated carbocycles. The molecule has 19 heavy (non-hydrogen) atoms. The van der Waals surface area contributed by atoms with Gasteiger partial charge in [0.25, 0.3) is 0 Å². The normalized spacial score (nSPS) is 11.1. The van der Waals surface area contributed by atoms with Crippen LogP contribution in [-0.4, -0.2) is 15.6 Å². The molecule has 2 rings (SSSR count). The Balaban J connectivity index is 2.53. The zero-order valence-corrected chi connectivity index (χ0v) is 12.5. The molecule has 0 spiro atoms. The second kappa shape index (κ2) is 5.25. The minimum atomic E-state index is -0.506. The molecule has 5 heteroatoms. The van der Waals surface area contributed by atoms with Crippen molar-refractivity contribution in [3.8, 4) is 0 Å². The standard InChI is InChI=1S/C14H14BrFN2O/c1-8(2)18-13(11(15)7-17-18)14(19)10-5-4-9(3)6-12(10)16/h4-8H,1-3H3. The van der Waals surface area contributed by atoms with Crippen molar-refractivity contribution in [2.45, 2.75) is 26.8 Å². The first-order valence-electron chi connectivity index (χ1n) is 5.95. The van der Waals surface area contributed by atoms with Gasteiger partial charge >= 0.3 is 0 Å². The fourth-order valence-corrected chi connectivity index (χ4v) is 2.33. The highest BCUT2D eigenvalue weighted by atomic mass is 79.9. The number of aryl methyl sites for hydroxylation is 1. The molecule has 1 aromatic carbocycles. The number of rotatable bonds is 3. The van der Waals surface area contributed by atoms with E-state index in [2.05, 4.69) is 21.0 Å². The van der Waals surface area contributed by atoms with Gasteiger partial charge in [-0.25, -0.2) is 4.39 Å². The molecule has 2 aromatic rings. The fourth-order valence-electron chi connectivity index (χ4n) is 1.88. The van der Waals surface area contributed by atoms with Crippen LogP contribution in [0.1, 0.15) is 41.5 Å². The molecule has 0 unspecified atom stereocenters. The fraction of sp³-hybridized carbons (Fsp3) is 0.286. The van der Waals surface area contributed by atoms with Crippen molar-refractivity contribution in [2.75, 3.05) is 0 Å². The number of nitrogens with zero attached hydrogens (tertiary/aromatic N) is 2. The predicted octanol–water partition coefficient (Wildman–Crippen LogP) is 3.91. The lowest BCUT2D eigenvalue weighted by atomic mass is 10.1. The monoisotopic (exact) mass is 324 g/mol. The van der Waals surface area contributed by atoms with Crippen LogP contribution in [0.15, 0.2) is 28.9 Å². The number of carbonyl (C=O) groups is 1. The first-order valence-corrected chi connectivity index (χ1v) is 6.75. The van der Waals surface area contributed by atoms with Crippen LogP contribution in [0.25, 0.3) is 0 Å². The molecule has 3 nitrogen and oxygen atoms in total. The van der Waals surface area contributed by atoms with Crippen LogP contribution in [0.2, 0.25) is 0 Å². The van der Waals surface area contributed by atoms with Crippen LogP contribution < -0.4 is 0 Å². The summed E-state index contributed by atoms with van der Waals surface area (Å²) < 4.78 is 16.1. The van der Waals surface area contributed by atoms with E-state index in [1.165, 1.54) is 12.1 Å². The van der Waals surface area contributed by atoms with Crippen molar-refractivity contribution in [2.24, 2.45) is 0 Å². The van der Waals surface area contributed by atoms with Crippen LogP contribution in [0.4, 0.5) is 4.39 Å². The van der Waals surface area contributed by atoms with Crippen molar-refractivity contribution in [1.82, 2.24) is 9.78 Å². The smallest absolute Gasteiger partial charge is 0.215 e. The molecule has 0 N–H and O–H groups in total. The molecular weight excluding hydrogens is 311 g/mol. The lowest BCUT2D eigenvalue weighted by Crippen LogP contribution is -2.15. The van der Waals surface area contributed by atoms with Gasteiger partial charge in [0.15, 0.2) is 0 Å². The Morgan fingerprint density at radius 3 is 2.68 bits per heavy atom. The Morgan fingerprint density at radius 2 is 2.11 bits per heavy atom. The second-order valence-electron chi connectivity index (χ2n) is 4.69. The van der Waals surface area contributed by atoms with Gasteiger partial charge in [-0.3, -0.25) is 9.48 Å². The van der Waals surface area contributed by atoms with Gasteiger partial charge in [0, 0.05) is 6.04 Å². The Hall–Kier alpha value is -1.49. The first kappa shape index (κ1) is 13.9. The highest BCUT2D eigenvalue weighted by Crippen LogP contribution is 2.24. The minimum absolute atomic E-state index is 0.0266. The van der Waals surface area contributed by atoms with Crippen molar-refractivity contribution in [3.63, 3.8) is 0 Å². The zero-order chi connectivity index (χ0) is 14.2. The molecule has 0 fully saturated rings. The summed E-state index contributed by atoms with van der Waals surface area (Å²) in [5.41, 5.74) is 1.22. The first-order chi connectivity index (χ1) is 8.91. The average Bonchev–Trinajstić information content (AvgIpc) is 2.70. The van der Waals surface area contributed by atoms with Crippen LogP contribution in [0.5, 0.6) is 0 Å². The molecule has 0 aliphatic heterocycles. The van der Waals surface area contributed by atoms with Gasteiger partial charge in [-0.1, -0.05) is 6.07 Å². The van der Waals surface area contributed by atoms with Gasteiger partial charge in [0.05, 0.1) is 16.2 Å². The maximum absolute atomic E-state index is 13.9. The number of carbonyl (C=O) groups excluding carboxylic acids is 1. The van der Waals surface area contributed by atoms with E-state index >= 15 is 0 Å². The number of ketones is 1. The molecule has 0 radical (unpaired) electrons. The number of halogens is 2. The third-order valence-electron chi connectivity index (χ3n) is 2.82. The van der Waals surface area contributed by atoms with E-state index in [9.17, 15) is 9.18 Å². The summed E-state index contributed by atoms with van der Waals surface area (Å²) in [6, 6.07) is 4.62. The molecular formula is C14H14BrFN2O. The molecule has 100 valence electrons. The van der Waals surface area contributed by atoms with Gasteiger partial charge in [0.1, 0.15) is 11.5 Å². The van der Waals surface area contributed by atoms with Gasteiger partial charge in [-0.15, -0.1) is 0 Å². The maximum atomic E-state index is 13.9. The van der Waals surface area contributed by atoms with Gasteiger partial charge in [0.2, 0.25) is 5.78 Å². The highest BCUT2D eigenvalue weighted by molar-refractivity contribution is 9.10. The highest BCUT2D eigenvalue weighted by Gasteiger charge is 2.22. The van der Waals surface area contributed by atoms with Crippen molar-refractivity contribution in [3.05, 3.63) is 51.5 Å². The van der Waals surface area contributed by atoms with E-state index in [1.54, 1.807) is 23.9 Å². The Kier molecular flexibility index (Phi) is 3.85. The zero-order valence-electron chi connectivity index (χ0n) is 10.9. The van der Waals surface area contributed by atoms with E-state index < -0.39 is 5.82 Å². The Labute approximate surface area is 119 Å². The van der Waals surface area contributed by atoms with Gasteiger partial charge < -0.3 is 0 Å². The van der Waals surface area contributed by atoms with E-state index in [1.807, 2.05) is 13.8 Å². The van der Waals surface area contributed by atoms with Crippen LogP contribution >= 0.6 is 15.9 Å². The number of aromatic nitrogens is 2. The molecule has 0 atom stereocenters. The van der Waals surface area contributed by atoms with Gasteiger partial charge in [-0.2, -0.15) is 5.10 Å². The van der Waals surface area contributed by atoms with Crippen LogP contribution in [-0.2, 0) is 0 Å². The molecule has 0 bridgehead atoms. The van der Waals surface area contributed by atoms with E-state index in [0.29, 0.717) is 10.2 Å². The van der Waals surface area contributed by atoms with Crippen molar-refractivity contribution < 1.29 is 9.18 Å². The second-order valence-corrected chi connectivity index (χ2v) is 5.55. The van der Waals surface area contributed by atoms with E-state index in [-0.39, 0.29) is 17.4 Å². The number of benzene rings is 1. The summed E-state index contributed by atoms with van der Waals surface area (Å²) in [6.45, 7) is 5.62. The predicted molar refractivity (Wildman–Crippen MR) is 74.9 cm³/mol. The summed E-state index contributed by atoms with van der Waals surface area (Å²) in [7, 11) is 0. The molecule has 0 aliphatic rings. The third-order valence-corrected chi connectivity index (χ3v) is 3.40. The average molecular weight is 325 g/mol. The molecule has 0 amide bonds. The molecule has 1 aromatic heterocycles. The minimum Gasteiger partial charge on any atom is -0.287 e. The summed E-state index contributed by atoms with van der Waals surface area (Å²) in [6.07, 6.45) is 1.55. The van der Waals surface area contributed by atoms with Crippen molar-refractivity contribution >= 4 is 21.7 Å². The van der Waals surface area contributed by atoms with E-state index in [0.717, 1.165) is 5.56 Å². The summed E-state index contributed by atoms with van der Waals surface area (Å²) in [5.74, 6) is -0.871. The molecule has 0 aliphatic carbocycles. The maximum Gasteiger partial charge on any atom is 0.215 e. The Bertz CT molecular complexity index is 634. The molecule has 1 heterocycles. The number of hydrogen-bond acceptors (Lipinski definition) is 2. The third kappa shape index (κ3) is 2.61. The Morgan fingerprint density at radius 1 is 1.42 bits per heavy atom. The quantitative estimate of drug-likeness (QED) is 0.802. The summed E-state index contributed by atoms with van der Waals surface area (Å²) in [4.78, 5) is 12.5. The summed E-state index contributed by atoms with van der Waals surface area (Å²) in [5, 5.41) is 4.14. The SMILES string of the molecule is Cc1ccc(C(=O)c2c(Br)cnn2C(C)C)c(F)c1. The van der Waals surface area contributed by atoms with Crippen LogP contribution in [0.3, 0.4) is 0 Å². The van der Waals surface area contributed by atoms with Gasteiger partial charge in [-0.05, 0) is 54.4 Å².